The molecule has 0 aromatic heterocycles. The average Bonchev–Trinajstić information content (AvgIpc) is 2.70. The van der Waals surface area contributed by atoms with Crippen LogP contribution in [0, 0.1) is 0 Å². The molecule has 0 fully saturated rings. The topological polar surface area (TPSA) is 78.4 Å². The zero-order chi connectivity index (χ0) is 20.7. The van der Waals surface area contributed by atoms with Crippen LogP contribution in [0.2, 0.25) is 0 Å². The van der Waals surface area contributed by atoms with E-state index in [1.54, 1.807) is 51.5 Å². The quantitative estimate of drug-likeness (QED) is 0.553. The van der Waals surface area contributed by atoms with Crippen LogP contribution in [0.15, 0.2) is 41.5 Å². The van der Waals surface area contributed by atoms with Crippen molar-refractivity contribution in [1.82, 2.24) is 5.43 Å². The molecule has 7 nitrogen and oxygen atoms in total. The number of ether oxygens (including phenoxy) is 4. The molecule has 0 radical (unpaired) electrons. The third-order valence-electron chi connectivity index (χ3n) is 3.91. The van der Waals surface area contributed by atoms with Crippen LogP contribution < -0.4 is 24.4 Å². The lowest BCUT2D eigenvalue weighted by atomic mass is 10.1. The van der Waals surface area contributed by atoms with E-state index in [9.17, 15) is 4.79 Å². The number of amides is 1. The molecule has 150 valence electrons. The molecule has 28 heavy (non-hydrogen) atoms. The van der Waals surface area contributed by atoms with Crippen LogP contribution in [-0.2, 0) is 0 Å². The molecule has 0 unspecified atom stereocenters. The van der Waals surface area contributed by atoms with E-state index in [0.717, 1.165) is 5.56 Å². The summed E-state index contributed by atoms with van der Waals surface area (Å²) in [6.45, 7) is 5.63. The van der Waals surface area contributed by atoms with E-state index in [0.29, 0.717) is 34.3 Å². The van der Waals surface area contributed by atoms with E-state index >= 15 is 0 Å². The highest BCUT2D eigenvalue weighted by molar-refractivity contribution is 6.03. The lowest BCUT2D eigenvalue weighted by molar-refractivity contribution is 0.0954. The third kappa shape index (κ3) is 5.16. The molecule has 2 aromatic rings. The standard InChI is InChI=1S/C21H26N2O5/c1-13(2)28-18-10-7-15(11-20(18)27-6)21(24)23-22-14(3)17-9-8-16(25-4)12-19(17)26-5/h7-13H,1-6H3,(H,23,24)/b22-14+. The number of carbonyl (C=O) groups is 1. The molecular weight excluding hydrogens is 360 g/mol. The largest absolute Gasteiger partial charge is 0.497 e. The number of benzene rings is 2. The number of nitrogens with one attached hydrogen (secondary N) is 1. The number of nitrogens with zero attached hydrogens (tertiary/aromatic N) is 1. The fraction of sp³-hybridized carbons (Fsp3) is 0.333. The summed E-state index contributed by atoms with van der Waals surface area (Å²) in [5.74, 6) is 1.98. The van der Waals surface area contributed by atoms with Crippen LogP contribution in [0.1, 0.15) is 36.7 Å². The van der Waals surface area contributed by atoms with Gasteiger partial charge in [-0.3, -0.25) is 4.79 Å². The van der Waals surface area contributed by atoms with Gasteiger partial charge in [0.2, 0.25) is 0 Å². The zero-order valence-electron chi connectivity index (χ0n) is 17.0. The molecule has 1 amide bonds. The summed E-state index contributed by atoms with van der Waals surface area (Å²) in [6.07, 6.45) is 0.000281. The molecular formula is C21H26N2O5. The first-order valence-corrected chi connectivity index (χ1v) is 8.81. The van der Waals surface area contributed by atoms with Crippen LogP contribution in [0.3, 0.4) is 0 Å². The van der Waals surface area contributed by atoms with Gasteiger partial charge in [0, 0.05) is 17.2 Å². The third-order valence-corrected chi connectivity index (χ3v) is 3.91. The molecule has 0 aliphatic rings. The van der Waals surface area contributed by atoms with Gasteiger partial charge in [-0.25, -0.2) is 5.43 Å². The van der Waals surface area contributed by atoms with Crippen molar-refractivity contribution in [2.75, 3.05) is 21.3 Å². The van der Waals surface area contributed by atoms with E-state index in [4.69, 9.17) is 18.9 Å². The second-order valence-electron chi connectivity index (χ2n) is 6.24. The molecule has 0 spiro atoms. The molecule has 0 aliphatic heterocycles. The Labute approximate surface area is 165 Å². The maximum atomic E-state index is 12.5. The Balaban J connectivity index is 2.18. The zero-order valence-corrected chi connectivity index (χ0v) is 17.0. The van der Waals surface area contributed by atoms with Gasteiger partial charge in [-0.05, 0) is 51.1 Å². The number of hydrogen-bond donors (Lipinski definition) is 1. The average molecular weight is 386 g/mol. The second kappa shape index (κ2) is 9.64. The minimum Gasteiger partial charge on any atom is -0.497 e. The fourth-order valence-corrected chi connectivity index (χ4v) is 2.52. The highest BCUT2D eigenvalue weighted by Gasteiger charge is 2.13. The van der Waals surface area contributed by atoms with Crippen LogP contribution in [0.4, 0.5) is 0 Å². The highest BCUT2D eigenvalue weighted by atomic mass is 16.5. The highest BCUT2D eigenvalue weighted by Crippen LogP contribution is 2.29. The van der Waals surface area contributed by atoms with Crippen molar-refractivity contribution in [2.45, 2.75) is 26.9 Å². The van der Waals surface area contributed by atoms with Crippen LogP contribution in [0.5, 0.6) is 23.0 Å². The number of hydrazone groups is 1. The maximum absolute atomic E-state index is 12.5. The van der Waals surface area contributed by atoms with Crippen LogP contribution >= 0.6 is 0 Å². The number of methoxy groups -OCH3 is 3. The number of hydrogen-bond acceptors (Lipinski definition) is 6. The smallest absolute Gasteiger partial charge is 0.271 e. The van der Waals surface area contributed by atoms with E-state index in [1.807, 2.05) is 19.9 Å². The van der Waals surface area contributed by atoms with E-state index < -0.39 is 0 Å². The first-order valence-electron chi connectivity index (χ1n) is 8.81. The maximum Gasteiger partial charge on any atom is 0.271 e. The van der Waals surface area contributed by atoms with Crippen molar-refractivity contribution in [3.63, 3.8) is 0 Å². The summed E-state index contributed by atoms with van der Waals surface area (Å²) >= 11 is 0. The lowest BCUT2D eigenvalue weighted by Crippen LogP contribution is -2.19. The number of carbonyl (C=O) groups excluding carboxylic acids is 1. The van der Waals surface area contributed by atoms with E-state index in [-0.39, 0.29) is 12.0 Å². The van der Waals surface area contributed by atoms with Gasteiger partial charge in [-0.2, -0.15) is 5.10 Å². The molecule has 1 N–H and O–H groups in total. The first kappa shape index (κ1) is 21.1. The summed E-state index contributed by atoms with van der Waals surface area (Å²) in [7, 11) is 4.68. The summed E-state index contributed by atoms with van der Waals surface area (Å²) in [5, 5.41) is 4.19. The Morgan fingerprint density at radius 2 is 1.64 bits per heavy atom. The van der Waals surface area contributed by atoms with Gasteiger partial charge >= 0.3 is 0 Å². The van der Waals surface area contributed by atoms with Gasteiger partial charge < -0.3 is 18.9 Å². The molecule has 0 bridgehead atoms. The fourth-order valence-electron chi connectivity index (χ4n) is 2.52. The molecule has 0 saturated heterocycles. The van der Waals surface area contributed by atoms with Crippen molar-refractivity contribution in [3.05, 3.63) is 47.5 Å². The predicted molar refractivity (Wildman–Crippen MR) is 108 cm³/mol. The number of rotatable bonds is 8. The summed E-state index contributed by atoms with van der Waals surface area (Å²) in [6, 6.07) is 10.4. The summed E-state index contributed by atoms with van der Waals surface area (Å²) in [5.41, 5.74) is 4.31. The van der Waals surface area contributed by atoms with Gasteiger partial charge in [0.05, 0.1) is 33.1 Å². The van der Waals surface area contributed by atoms with Crippen molar-refractivity contribution < 1.29 is 23.7 Å². The Morgan fingerprint density at radius 1 is 0.929 bits per heavy atom. The van der Waals surface area contributed by atoms with Gasteiger partial charge in [0.1, 0.15) is 11.5 Å². The van der Waals surface area contributed by atoms with Crippen LogP contribution in [-0.4, -0.2) is 39.1 Å². The van der Waals surface area contributed by atoms with Crippen molar-refractivity contribution >= 4 is 11.6 Å². The molecule has 2 aromatic carbocycles. The van der Waals surface area contributed by atoms with Gasteiger partial charge in [0.15, 0.2) is 11.5 Å². The Bertz CT molecular complexity index is 862. The first-order chi connectivity index (χ1) is 13.4. The van der Waals surface area contributed by atoms with Crippen molar-refractivity contribution in [1.29, 1.82) is 0 Å². The van der Waals surface area contributed by atoms with E-state index in [1.165, 1.54) is 7.11 Å². The predicted octanol–water partition coefficient (Wildman–Crippen LogP) is 3.65. The SMILES string of the molecule is COc1ccc(/C(C)=N/NC(=O)c2ccc(OC(C)C)c(OC)c2)c(OC)c1. The van der Waals surface area contributed by atoms with Crippen molar-refractivity contribution in [3.8, 4) is 23.0 Å². The Hall–Kier alpha value is -3.22. The monoisotopic (exact) mass is 386 g/mol. The van der Waals surface area contributed by atoms with Crippen molar-refractivity contribution in [2.24, 2.45) is 5.10 Å². The minimum absolute atomic E-state index is 0.000281. The summed E-state index contributed by atoms with van der Waals surface area (Å²) in [4.78, 5) is 12.5. The van der Waals surface area contributed by atoms with Crippen LogP contribution in [0.25, 0.3) is 0 Å². The minimum atomic E-state index is -0.360. The van der Waals surface area contributed by atoms with E-state index in [2.05, 4.69) is 10.5 Å². The molecule has 0 heterocycles. The lowest BCUT2D eigenvalue weighted by Gasteiger charge is -2.14. The Kier molecular flexibility index (Phi) is 7.26. The molecule has 2 rings (SSSR count). The molecule has 0 atom stereocenters. The van der Waals surface area contributed by atoms with Gasteiger partial charge in [0.25, 0.3) is 5.91 Å². The molecule has 0 aliphatic carbocycles. The van der Waals surface area contributed by atoms with Gasteiger partial charge in [-0.15, -0.1) is 0 Å². The molecule has 7 heteroatoms. The normalized spacial score (nSPS) is 11.2. The van der Waals surface area contributed by atoms with Gasteiger partial charge in [-0.1, -0.05) is 0 Å². The molecule has 0 saturated carbocycles. The second-order valence-corrected chi connectivity index (χ2v) is 6.24. The summed E-state index contributed by atoms with van der Waals surface area (Å²) < 4.78 is 21.5. The Morgan fingerprint density at radius 3 is 2.25 bits per heavy atom.